The van der Waals surface area contributed by atoms with Crippen LogP contribution in [0.15, 0.2) is 16.1 Å². The van der Waals surface area contributed by atoms with Crippen LogP contribution in [-0.2, 0) is 9.47 Å². The molecule has 0 radical (unpaired) electrons. The number of aliphatic imine (C=N–C) groups is 1. The number of ether oxygens (including phenoxy) is 2. The van der Waals surface area contributed by atoms with Crippen molar-refractivity contribution in [2.24, 2.45) is 4.99 Å². The SMILES string of the molecule is CCOC(=O)c1[nH]c(C2=N/C(=c3\[nH]/c(=C\c4[nH]c(-c5[nH]c(-c6[nH]c(C(=O)OCC)c(C)c6C)c(C)c5C)c(C)c4C)c(C)c3C)C(C)=C2C)c(C)c1C. The minimum Gasteiger partial charge on any atom is -0.461 e. The molecule has 5 N–H and O–H groups in total. The van der Waals surface area contributed by atoms with E-state index in [0.29, 0.717) is 24.6 Å². The summed E-state index contributed by atoms with van der Waals surface area (Å²) in [5, 5.41) is 1.99. The van der Waals surface area contributed by atoms with Crippen molar-refractivity contribution in [3.05, 3.63) is 100 Å². The Morgan fingerprint density at radius 3 is 1.51 bits per heavy atom. The largest absolute Gasteiger partial charge is 0.461 e. The van der Waals surface area contributed by atoms with Gasteiger partial charge in [0, 0.05) is 11.0 Å². The van der Waals surface area contributed by atoms with Gasteiger partial charge in [0.05, 0.1) is 58.4 Å². The molecule has 53 heavy (non-hydrogen) atoms. The monoisotopic (exact) mass is 716 g/mol. The summed E-state index contributed by atoms with van der Waals surface area (Å²) >= 11 is 0. The molecule has 10 nitrogen and oxygen atoms in total. The second-order valence-corrected chi connectivity index (χ2v) is 14.3. The molecular formula is C43H52N6O4. The topological polar surface area (TPSA) is 144 Å². The molecule has 0 spiro atoms. The van der Waals surface area contributed by atoms with E-state index in [0.717, 1.165) is 123 Å². The highest BCUT2D eigenvalue weighted by Gasteiger charge is 2.27. The zero-order valence-corrected chi connectivity index (χ0v) is 33.6. The van der Waals surface area contributed by atoms with Crippen LogP contribution in [0, 0.1) is 69.2 Å². The molecule has 0 aromatic carbocycles. The first-order valence-corrected chi connectivity index (χ1v) is 18.3. The molecule has 5 aromatic rings. The van der Waals surface area contributed by atoms with Gasteiger partial charge in [-0.05, 0) is 170 Å². The van der Waals surface area contributed by atoms with Crippen LogP contribution in [0.4, 0.5) is 0 Å². The number of aromatic amines is 5. The second-order valence-electron chi connectivity index (χ2n) is 14.3. The number of H-pyrrole nitrogens is 5. The van der Waals surface area contributed by atoms with Crippen molar-refractivity contribution in [1.29, 1.82) is 0 Å². The lowest BCUT2D eigenvalue weighted by molar-refractivity contribution is 0.0510. The third-order valence-corrected chi connectivity index (χ3v) is 11.6. The van der Waals surface area contributed by atoms with E-state index in [-0.39, 0.29) is 11.9 Å². The lowest BCUT2D eigenvalue weighted by Crippen LogP contribution is -2.14. The Kier molecular flexibility index (Phi) is 9.70. The molecule has 0 amide bonds. The summed E-state index contributed by atoms with van der Waals surface area (Å²) in [6.07, 6.45) is 2.18. The molecule has 0 saturated heterocycles. The number of nitrogens with zero attached hydrogens (tertiary/aromatic N) is 1. The molecule has 0 fully saturated rings. The van der Waals surface area contributed by atoms with Crippen LogP contribution in [0.1, 0.15) is 116 Å². The molecule has 0 saturated carbocycles. The van der Waals surface area contributed by atoms with E-state index in [1.807, 2.05) is 41.5 Å². The molecule has 1 aliphatic rings. The molecule has 5 aromatic heterocycles. The van der Waals surface area contributed by atoms with E-state index in [9.17, 15) is 9.59 Å². The number of rotatable bonds is 8. The third kappa shape index (κ3) is 5.94. The summed E-state index contributed by atoms with van der Waals surface area (Å²) in [5.41, 5.74) is 21.2. The minimum absolute atomic E-state index is 0.316. The molecule has 0 atom stereocenters. The van der Waals surface area contributed by atoms with E-state index in [2.05, 4.69) is 86.4 Å². The van der Waals surface area contributed by atoms with Crippen molar-refractivity contribution in [3.63, 3.8) is 0 Å². The Bertz CT molecular complexity index is 2530. The summed E-state index contributed by atoms with van der Waals surface area (Å²) < 4.78 is 10.6. The number of carbonyl (C=O) groups is 2. The molecule has 10 heteroatoms. The van der Waals surface area contributed by atoms with Crippen molar-refractivity contribution < 1.29 is 19.1 Å². The zero-order chi connectivity index (χ0) is 38.8. The number of esters is 2. The fourth-order valence-corrected chi connectivity index (χ4v) is 7.33. The van der Waals surface area contributed by atoms with Crippen LogP contribution in [0.2, 0.25) is 0 Å². The second kappa shape index (κ2) is 13.8. The lowest BCUT2D eigenvalue weighted by Gasteiger charge is -2.02. The third-order valence-electron chi connectivity index (χ3n) is 11.6. The Morgan fingerprint density at radius 1 is 0.509 bits per heavy atom. The van der Waals surface area contributed by atoms with Gasteiger partial charge >= 0.3 is 11.9 Å². The van der Waals surface area contributed by atoms with Gasteiger partial charge in [0.1, 0.15) is 11.4 Å². The Labute approximate surface area is 310 Å². The standard InChI is InChI=1S/C43H52N6O4/c1-15-52-42(50)40-28(13)26(11)38(48-40)36-24(9)22(7)34(46-36)32-20(5)18(3)30(44-32)17-31-19(4)21(6)33(45-31)35-23(8)25(10)37(47-35)39-27(12)29(14)41(49-39)43(51)53-16-2/h17,44-46,48-49H,15-16H2,1-14H3/b31-17-,35-33-. The first-order valence-electron chi connectivity index (χ1n) is 18.3. The summed E-state index contributed by atoms with van der Waals surface area (Å²) in [7, 11) is 0. The van der Waals surface area contributed by atoms with Gasteiger partial charge in [-0.1, -0.05) is 0 Å². The Balaban J connectivity index is 1.43. The number of carbonyl (C=O) groups excluding carboxylic acids is 2. The lowest BCUT2D eigenvalue weighted by atomic mass is 10.0. The van der Waals surface area contributed by atoms with E-state index < -0.39 is 0 Å². The van der Waals surface area contributed by atoms with E-state index in [4.69, 9.17) is 14.5 Å². The summed E-state index contributed by atoms with van der Waals surface area (Å²) in [6, 6.07) is 0. The molecule has 0 unspecified atom stereocenters. The van der Waals surface area contributed by atoms with Crippen LogP contribution >= 0.6 is 0 Å². The number of hydrogen-bond acceptors (Lipinski definition) is 5. The highest BCUT2D eigenvalue weighted by molar-refractivity contribution is 6.19. The first-order chi connectivity index (χ1) is 25.0. The van der Waals surface area contributed by atoms with E-state index in [1.165, 1.54) is 0 Å². The van der Waals surface area contributed by atoms with Gasteiger partial charge in [-0.15, -0.1) is 0 Å². The van der Waals surface area contributed by atoms with Gasteiger partial charge in [0.15, 0.2) is 0 Å². The normalized spacial score (nSPS) is 14.5. The quantitative estimate of drug-likeness (QED) is 0.104. The van der Waals surface area contributed by atoms with Crippen LogP contribution in [0.3, 0.4) is 0 Å². The predicted molar refractivity (Wildman–Crippen MR) is 212 cm³/mol. The molecule has 278 valence electrons. The van der Waals surface area contributed by atoms with E-state index >= 15 is 0 Å². The maximum Gasteiger partial charge on any atom is 0.355 e. The van der Waals surface area contributed by atoms with Crippen molar-refractivity contribution >= 4 is 29.4 Å². The van der Waals surface area contributed by atoms with Crippen LogP contribution in [0.5, 0.6) is 0 Å². The average molecular weight is 717 g/mol. The molecule has 0 bridgehead atoms. The van der Waals surface area contributed by atoms with Gasteiger partial charge in [-0.2, -0.15) is 0 Å². The molecule has 6 rings (SSSR count). The van der Waals surface area contributed by atoms with E-state index in [1.54, 1.807) is 0 Å². The molecule has 0 aliphatic carbocycles. The Morgan fingerprint density at radius 2 is 0.962 bits per heavy atom. The molecular weight excluding hydrogens is 665 g/mol. The molecule has 6 heterocycles. The number of nitrogens with one attached hydrogen (secondary N) is 5. The fraction of sp³-hybridized carbons (Fsp3) is 0.372. The van der Waals surface area contributed by atoms with Gasteiger partial charge in [-0.25, -0.2) is 14.6 Å². The maximum atomic E-state index is 12.7. The van der Waals surface area contributed by atoms with Gasteiger partial charge in [0.25, 0.3) is 0 Å². The first kappa shape index (κ1) is 37.3. The van der Waals surface area contributed by atoms with Gasteiger partial charge < -0.3 is 34.4 Å². The predicted octanol–water partition coefficient (Wildman–Crippen LogP) is 7.88. The van der Waals surface area contributed by atoms with Crippen molar-refractivity contribution in [2.75, 3.05) is 13.2 Å². The Hall–Kier alpha value is -5.51. The molecule has 1 aliphatic heterocycles. The highest BCUT2D eigenvalue weighted by atomic mass is 16.5. The highest BCUT2D eigenvalue weighted by Crippen LogP contribution is 2.37. The average Bonchev–Trinajstić information content (AvgIpc) is 3.91. The fourth-order valence-electron chi connectivity index (χ4n) is 7.33. The summed E-state index contributed by atoms with van der Waals surface area (Å²) in [5.74, 6) is -0.698. The van der Waals surface area contributed by atoms with Crippen LogP contribution in [0.25, 0.3) is 34.5 Å². The maximum absolute atomic E-state index is 12.7. The van der Waals surface area contributed by atoms with Crippen LogP contribution < -0.4 is 10.7 Å². The number of aromatic nitrogens is 5. The van der Waals surface area contributed by atoms with Crippen molar-refractivity contribution in [1.82, 2.24) is 24.9 Å². The van der Waals surface area contributed by atoms with Crippen molar-refractivity contribution in [3.8, 4) is 22.8 Å². The number of allylic oxidation sites excluding steroid dienone is 1. The van der Waals surface area contributed by atoms with Crippen molar-refractivity contribution in [2.45, 2.75) is 96.9 Å². The van der Waals surface area contributed by atoms with Crippen LogP contribution in [-0.4, -0.2) is 55.8 Å². The smallest absolute Gasteiger partial charge is 0.355 e. The number of hydrogen-bond donors (Lipinski definition) is 5. The van der Waals surface area contributed by atoms with Gasteiger partial charge in [-0.3, -0.25) is 0 Å². The summed E-state index contributed by atoms with van der Waals surface area (Å²) in [6.45, 7) is 29.2. The zero-order valence-electron chi connectivity index (χ0n) is 33.6. The minimum atomic E-state index is -0.355. The summed E-state index contributed by atoms with van der Waals surface area (Å²) in [4.78, 5) is 48.3. The van der Waals surface area contributed by atoms with Gasteiger partial charge in [0.2, 0.25) is 0 Å².